The van der Waals surface area contributed by atoms with Gasteiger partial charge in [-0.1, -0.05) is 0 Å². The standard InChI is InChI=1S/C9H14F3NO2/c1-2-15-8(14)6-5-13-4-3-7(6)9(10,11)12/h6-7,13H,2-5H2,1H3. The first-order chi connectivity index (χ1) is 6.96. The van der Waals surface area contributed by atoms with E-state index in [4.69, 9.17) is 0 Å². The maximum atomic E-state index is 12.6. The van der Waals surface area contributed by atoms with Crippen LogP contribution in [0.25, 0.3) is 0 Å². The molecule has 1 N–H and O–H groups in total. The normalized spacial score (nSPS) is 27.5. The molecule has 3 nitrogen and oxygen atoms in total. The molecule has 1 aliphatic rings. The summed E-state index contributed by atoms with van der Waals surface area (Å²) in [7, 11) is 0. The van der Waals surface area contributed by atoms with Crippen LogP contribution in [0.5, 0.6) is 0 Å². The van der Waals surface area contributed by atoms with Crippen LogP contribution in [-0.4, -0.2) is 31.8 Å². The Labute approximate surface area is 86.0 Å². The molecule has 0 radical (unpaired) electrons. The highest BCUT2D eigenvalue weighted by atomic mass is 19.4. The summed E-state index contributed by atoms with van der Waals surface area (Å²) < 4.78 is 42.3. The summed E-state index contributed by atoms with van der Waals surface area (Å²) in [6.07, 6.45) is -4.38. The molecule has 1 heterocycles. The summed E-state index contributed by atoms with van der Waals surface area (Å²) in [6.45, 7) is 2.03. The van der Waals surface area contributed by atoms with Crippen LogP contribution >= 0.6 is 0 Å². The van der Waals surface area contributed by atoms with Gasteiger partial charge in [0.1, 0.15) is 0 Å². The first-order valence-electron chi connectivity index (χ1n) is 4.91. The molecule has 2 unspecified atom stereocenters. The lowest BCUT2D eigenvalue weighted by Gasteiger charge is -2.31. The van der Waals surface area contributed by atoms with E-state index in [1.807, 2.05) is 0 Å². The van der Waals surface area contributed by atoms with E-state index in [9.17, 15) is 18.0 Å². The van der Waals surface area contributed by atoms with Gasteiger partial charge in [0.2, 0.25) is 0 Å². The van der Waals surface area contributed by atoms with Crippen molar-refractivity contribution in [2.75, 3.05) is 19.7 Å². The number of halogens is 3. The molecule has 0 spiro atoms. The van der Waals surface area contributed by atoms with Crippen molar-refractivity contribution in [3.8, 4) is 0 Å². The molecule has 0 aromatic rings. The minimum atomic E-state index is -4.32. The van der Waals surface area contributed by atoms with E-state index in [0.717, 1.165) is 0 Å². The SMILES string of the molecule is CCOC(=O)C1CNCCC1C(F)(F)F. The largest absolute Gasteiger partial charge is 0.466 e. The van der Waals surface area contributed by atoms with Crippen molar-refractivity contribution in [2.24, 2.45) is 11.8 Å². The fraction of sp³-hybridized carbons (Fsp3) is 0.889. The smallest absolute Gasteiger partial charge is 0.392 e. The van der Waals surface area contributed by atoms with E-state index in [1.165, 1.54) is 0 Å². The number of esters is 1. The van der Waals surface area contributed by atoms with Crippen LogP contribution in [0.1, 0.15) is 13.3 Å². The summed E-state index contributed by atoms with van der Waals surface area (Å²) >= 11 is 0. The summed E-state index contributed by atoms with van der Waals surface area (Å²) in [4.78, 5) is 11.3. The predicted octanol–water partition coefficient (Wildman–Crippen LogP) is 1.34. The van der Waals surface area contributed by atoms with Crippen molar-refractivity contribution in [1.29, 1.82) is 0 Å². The van der Waals surface area contributed by atoms with Crippen molar-refractivity contribution < 1.29 is 22.7 Å². The number of nitrogens with one attached hydrogen (secondary N) is 1. The lowest BCUT2D eigenvalue weighted by Crippen LogP contribution is -2.47. The zero-order chi connectivity index (χ0) is 11.5. The first kappa shape index (κ1) is 12.3. The maximum Gasteiger partial charge on any atom is 0.392 e. The van der Waals surface area contributed by atoms with Gasteiger partial charge in [0.05, 0.1) is 18.4 Å². The fourth-order valence-electron chi connectivity index (χ4n) is 1.75. The molecule has 1 fully saturated rings. The third kappa shape index (κ3) is 3.09. The predicted molar refractivity (Wildman–Crippen MR) is 47.2 cm³/mol. The Morgan fingerprint density at radius 3 is 2.73 bits per heavy atom. The van der Waals surface area contributed by atoms with Gasteiger partial charge in [0.15, 0.2) is 0 Å². The topological polar surface area (TPSA) is 38.3 Å². The molecule has 0 aliphatic carbocycles. The Morgan fingerprint density at radius 2 is 2.20 bits per heavy atom. The highest BCUT2D eigenvalue weighted by Gasteiger charge is 2.48. The Hall–Kier alpha value is -0.780. The number of hydrogen-bond acceptors (Lipinski definition) is 3. The van der Waals surface area contributed by atoms with Crippen LogP contribution in [0.15, 0.2) is 0 Å². The summed E-state index contributed by atoms with van der Waals surface area (Å²) in [6, 6.07) is 0. The number of ether oxygens (including phenoxy) is 1. The second kappa shape index (κ2) is 4.83. The highest BCUT2D eigenvalue weighted by Crippen LogP contribution is 2.36. The Bertz CT molecular complexity index is 230. The van der Waals surface area contributed by atoms with Crippen molar-refractivity contribution >= 4 is 5.97 Å². The molecule has 0 aromatic heterocycles. The van der Waals surface area contributed by atoms with Gasteiger partial charge >= 0.3 is 12.1 Å². The van der Waals surface area contributed by atoms with E-state index < -0.39 is 24.0 Å². The third-order valence-electron chi connectivity index (χ3n) is 2.49. The molecular formula is C9H14F3NO2. The molecular weight excluding hydrogens is 211 g/mol. The summed E-state index contributed by atoms with van der Waals surface area (Å²) in [5, 5.41) is 2.78. The fourth-order valence-corrected chi connectivity index (χ4v) is 1.75. The van der Waals surface area contributed by atoms with Gasteiger partial charge < -0.3 is 10.1 Å². The number of hydrogen-bond donors (Lipinski definition) is 1. The molecule has 15 heavy (non-hydrogen) atoms. The molecule has 0 bridgehead atoms. The number of carbonyl (C=O) groups excluding carboxylic acids is 1. The van der Waals surface area contributed by atoms with Gasteiger partial charge in [-0.25, -0.2) is 0 Å². The van der Waals surface area contributed by atoms with Crippen LogP contribution in [0.3, 0.4) is 0 Å². The molecule has 0 aromatic carbocycles. The van der Waals surface area contributed by atoms with Crippen molar-refractivity contribution in [2.45, 2.75) is 19.5 Å². The summed E-state index contributed by atoms with van der Waals surface area (Å²) in [5.41, 5.74) is 0. The van der Waals surface area contributed by atoms with E-state index in [1.54, 1.807) is 6.92 Å². The highest BCUT2D eigenvalue weighted by molar-refractivity contribution is 5.73. The van der Waals surface area contributed by atoms with Crippen LogP contribution < -0.4 is 5.32 Å². The van der Waals surface area contributed by atoms with Gasteiger partial charge in [0.25, 0.3) is 0 Å². The molecule has 0 amide bonds. The van der Waals surface area contributed by atoms with E-state index in [0.29, 0.717) is 6.54 Å². The first-order valence-corrected chi connectivity index (χ1v) is 4.91. The van der Waals surface area contributed by atoms with E-state index in [-0.39, 0.29) is 19.6 Å². The zero-order valence-electron chi connectivity index (χ0n) is 8.43. The quantitative estimate of drug-likeness (QED) is 0.721. The van der Waals surface area contributed by atoms with Gasteiger partial charge in [-0.05, 0) is 19.9 Å². The number of rotatable bonds is 2. The van der Waals surface area contributed by atoms with E-state index >= 15 is 0 Å². The van der Waals surface area contributed by atoms with Gasteiger partial charge in [-0.15, -0.1) is 0 Å². The van der Waals surface area contributed by atoms with Crippen LogP contribution in [-0.2, 0) is 9.53 Å². The van der Waals surface area contributed by atoms with Gasteiger partial charge in [0, 0.05) is 6.54 Å². The summed E-state index contributed by atoms with van der Waals surface area (Å²) in [5.74, 6) is -3.43. The molecule has 1 rings (SSSR count). The second-order valence-electron chi connectivity index (χ2n) is 3.50. The van der Waals surface area contributed by atoms with Gasteiger partial charge in [-0.3, -0.25) is 4.79 Å². The number of piperidine rings is 1. The van der Waals surface area contributed by atoms with Crippen molar-refractivity contribution in [1.82, 2.24) is 5.32 Å². The average Bonchev–Trinajstić information content (AvgIpc) is 2.17. The minimum absolute atomic E-state index is 0.0447. The Morgan fingerprint density at radius 1 is 1.53 bits per heavy atom. The van der Waals surface area contributed by atoms with Crippen molar-refractivity contribution in [3.63, 3.8) is 0 Å². The lowest BCUT2D eigenvalue weighted by molar-refractivity contribution is -0.202. The molecule has 88 valence electrons. The van der Waals surface area contributed by atoms with Crippen LogP contribution in [0.4, 0.5) is 13.2 Å². The molecule has 1 saturated heterocycles. The molecule has 2 atom stereocenters. The Kier molecular flexibility index (Phi) is 3.96. The van der Waals surface area contributed by atoms with Crippen molar-refractivity contribution in [3.05, 3.63) is 0 Å². The van der Waals surface area contributed by atoms with Crippen LogP contribution in [0, 0.1) is 11.8 Å². The monoisotopic (exact) mass is 225 g/mol. The second-order valence-corrected chi connectivity index (χ2v) is 3.50. The lowest BCUT2D eigenvalue weighted by atomic mass is 9.86. The zero-order valence-corrected chi connectivity index (χ0v) is 8.43. The minimum Gasteiger partial charge on any atom is -0.466 e. The maximum absolute atomic E-state index is 12.6. The molecule has 0 saturated carbocycles. The number of alkyl halides is 3. The molecule has 6 heteroatoms. The van der Waals surface area contributed by atoms with Gasteiger partial charge in [-0.2, -0.15) is 13.2 Å². The number of carbonyl (C=O) groups is 1. The molecule has 1 aliphatic heterocycles. The van der Waals surface area contributed by atoms with E-state index in [2.05, 4.69) is 10.1 Å². The van der Waals surface area contributed by atoms with Crippen LogP contribution in [0.2, 0.25) is 0 Å². The Balaban J connectivity index is 2.70. The third-order valence-corrected chi connectivity index (χ3v) is 2.49. The average molecular weight is 225 g/mol.